The molecule has 1 rings (SSSR count). The van der Waals surface area contributed by atoms with Gasteiger partial charge < -0.3 is 14.8 Å². The van der Waals surface area contributed by atoms with Crippen LogP contribution in [0.4, 0.5) is 4.39 Å². The minimum Gasteiger partial charge on any atom is -0.494 e. The standard InChI is InChI=1S/C15H20FNO2/c1-4-12(7-6-10-17-5-2)19-13-8-9-14(16)15(11-13)18-3/h4,6-9,11,17H,5,10H2,1-3H3. The van der Waals surface area contributed by atoms with E-state index in [4.69, 9.17) is 9.47 Å². The van der Waals surface area contributed by atoms with Gasteiger partial charge in [0.25, 0.3) is 0 Å². The van der Waals surface area contributed by atoms with Gasteiger partial charge in [0.05, 0.1) is 7.11 Å². The second kappa shape index (κ2) is 8.32. The fraction of sp³-hybridized carbons (Fsp3) is 0.333. The van der Waals surface area contributed by atoms with Crippen molar-refractivity contribution < 1.29 is 13.9 Å². The Balaban J connectivity index is 2.68. The van der Waals surface area contributed by atoms with Gasteiger partial charge >= 0.3 is 0 Å². The number of hydrogen-bond acceptors (Lipinski definition) is 3. The molecule has 0 heterocycles. The minimum atomic E-state index is -0.403. The summed E-state index contributed by atoms with van der Waals surface area (Å²) in [6.07, 6.45) is 5.69. The lowest BCUT2D eigenvalue weighted by Gasteiger charge is -2.08. The van der Waals surface area contributed by atoms with Crippen LogP contribution in [0.1, 0.15) is 13.8 Å². The van der Waals surface area contributed by atoms with Crippen molar-refractivity contribution in [2.75, 3.05) is 20.2 Å². The van der Waals surface area contributed by atoms with Crippen molar-refractivity contribution in [2.24, 2.45) is 0 Å². The summed E-state index contributed by atoms with van der Waals surface area (Å²) in [5, 5.41) is 3.18. The summed E-state index contributed by atoms with van der Waals surface area (Å²) in [5.74, 6) is 1.01. The average Bonchev–Trinajstić information content (AvgIpc) is 2.44. The summed E-state index contributed by atoms with van der Waals surface area (Å²) in [6.45, 7) is 5.63. The number of methoxy groups -OCH3 is 1. The Kier molecular flexibility index (Phi) is 6.68. The fourth-order valence-electron chi connectivity index (χ4n) is 1.43. The molecule has 0 radical (unpaired) electrons. The lowest BCUT2D eigenvalue weighted by Crippen LogP contribution is -2.11. The molecule has 4 heteroatoms. The molecule has 0 saturated carbocycles. The lowest BCUT2D eigenvalue weighted by atomic mass is 10.3. The Labute approximate surface area is 113 Å². The number of benzene rings is 1. The van der Waals surface area contributed by atoms with E-state index < -0.39 is 5.82 Å². The number of ether oxygens (including phenoxy) is 2. The zero-order chi connectivity index (χ0) is 14.1. The monoisotopic (exact) mass is 265 g/mol. The molecule has 1 aromatic rings. The van der Waals surface area contributed by atoms with E-state index in [-0.39, 0.29) is 5.75 Å². The molecule has 0 fully saturated rings. The van der Waals surface area contributed by atoms with E-state index in [9.17, 15) is 4.39 Å². The molecule has 0 aromatic heterocycles. The van der Waals surface area contributed by atoms with Crippen molar-refractivity contribution in [2.45, 2.75) is 13.8 Å². The first kappa shape index (κ1) is 15.2. The average molecular weight is 265 g/mol. The summed E-state index contributed by atoms with van der Waals surface area (Å²) >= 11 is 0. The zero-order valence-electron chi connectivity index (χ0n) is 11.6. The third-order valence-electron chi connectivity index (χ3n) is 2.44. The van der Waals surface area contributed by atoms with E-state index >= 15 is 0 Å². The molecule has 0 atom stereocenters. The maximum atomic E-state index is 13.3. The maximum Gasteiger partial charge on any atom is 0.165 e. The largest absolute Gasteiger partial charge is 0.494 e. The van der Waals surface area contributed by atoms with Gasteiger partial charge in [0.15, 0.2) is 11.6 Å². The molecule has 0 aliphatic heterocycles. The van der Waals surface area contributed by atoms with Crippen LogP contribution in [-0.2, 0) is 0 Å². The van der Waals surface area contributed by atoms with Crippen LogP contribution < -0.4 is 14.8 Å². The first-order chi connectivity index (χ1) is 9.21. The van der Waals surface area contributed by atoms with E-state index in [0.717, 1.165) is 13.1 Å². The molecular formula is C15H20FNO2. The van der Waals surface area contributed by atoms with Crippen LogP contribution in [0.25, 0.3) is 0 Å². The molecule has 0 unspecified atom stereocenters. The highest BCUT2D eigenvalue weighted by Crippen LogP contribution is 2.24. The van der Waals surface area contributed by atoms with Gasteiger partial charge in [-0.05, 0) is 37.8 Å². The summed E-state index contributed by atoms with van der Waals surface area (Å²) in [7, 11) is 1.43. The summed E-state index contributed by atoms with van der Waals surface area (Å²) in [4.78, 5) is 0. The predicted octanol–water partition coefficient (Wildman–Crippen LogP) is 3.28. The molecule has 0 saturated heterocycles. The summed E-state index contributed by atoms with van der Waals surface area (Å²) in [5.41, 5.74) is 0. The Morgan fingerprint density at radius 2 is 2.21 bits per heavy atom. The van der Waals surface area contributed by atoms with Crippen LogP contribution >= 0.6 is 0 Å². The molecule has 0 aliphatic rings. The molecule has 19 heavy (non-hydrogen) atoms. The van der Waals surface area contributed by atoms with Crippen LogP contribution in [-0.4, -0.2) is 20.2 Å². The number of halogens is 1. The zero-order valence-corrected chi connectivity index (χ0v) is 11.6. The highest BCUT2D eigenvalue weighted by molar-refractivity contribution is 5.36. The minimum absolute atomic E-state index is 0.171. The van der Waals surface area contributed by atoms with Gasteiger partial charge in [-0.3, -0.25) is 0 Å². The second-order valence-electron chi connectivity index (χ2n) is 3.80. The van der Waals surface area contributed by atoms with Gasteiger partial charge in [-0.15, -0.1) is 0 Å². The number of nitrogens with one attached hydrogen (secondary N) is 1. The van der Waals surface area contributed by atoms with Crippen molar-refractivity contribution in [3.63, 3.8) is 0 Å². The SMILES string of the molecule is CC=C(C=CCNCC)Oc1ccc(F)c(OC)c1. The van der Waals surface area contributed by atoms with Crippen molar-refractivity contribution in [3.8, 4) is 11.5 Å². The van der Waals surface area contributed by atoms with Gasteiger partial charge in [0, 0.05) is 12.6 Å². The van der Waals surface area contributed by atoms with Gasteiger partial charge in [-0.25, -0.2) is 4.39 Å². The fourth-order valence-corrected chi connectivity index (χ4v) is 1.43. The molecule has 104 valence electrons. The highest BCUT2D eigenvalue weighted by atomic mass is 19.1. The first-order valence-electron chi connectivity index (χ1n) is 6.26. The smallest absolute Gasteiger partial charge is 0.165 e. The van der Waals surface area contributed by atoms with Crippen molar-refractivity contribution >= 4 is 0 Å². The van der Waals surface area contributed by atoms with Crippen LogP contribution in [0.2, 0.25) is 0 Å². The Hall–Kier alpha value is -1.81. The predicted molar refractivity (Wildman–Crippen MR) is 75.0 cm³/mol. The Morgan fingerprint density at radius 3 is 2.84 bits per heavy atom. The number of likely N-dealkylation sites (N-methyl/N-ethyl adjacent to an activating group) is 1. The molecule has 1 N–H and O–H groups in total. The lowest BCUT2D eigenvalue weighted by molar-refractivity contribution is 0.378. The highest BCUT2D eigenvalue weighted by Gasteiger charge is 2.05. The van der Waals surface area contributed by atoms with Gasteiger partial charge in [-0.1, -0.05) is 13.0 Å². The Morgan fingerprint density at radius 1 is 1.42 bits per heavy atom. The van der Waals surface area contributed by atoms with Gasteiger partial charge in [0.2, 0.25) is 0 Å². The Bertz CT molecular complexity index is 455. The molecule has 0 bridgehead atoms. The third kappa shape index (κ3) is 5.14. The van der Waals surface area contributed by atoms with Crippen LogP contribution in [0.3, 0.4) is 0 Å². The summed E-state index contributed by atoms with van der Waals surface area (Å²) < 4.78 is 23.8. The van der Waals surface area contributed by atoms with E-state index in [2.05, 4.69) is 5.32 Å². The maximum absolute atomic E-state index is 13.3. The van der Waals surface area contributed by atoms with Crippen molar-refractivity contribution in [1.82, 2.24) is 5.32 Å². The molecule has 0 spiro atoms. The van der Waals surface area contributed by atoms with E-state index in [1.807, 2.05) is 32.1 Å². The molecular weight excluding hydrogens is 245 g/mol. The normalized spacial score (nSPS) is 11.9. The molecule has 0 aliphatic carbocycles. The van der Waals surface area contributed by atoms with Crippen LogP contribution in [0, 0.1) is 5.82 Å². The topological polar surface area (TPSA) is 30.5 Å². The summed E-state index contributed by atoms with van der Waals surface area (Å²) in [6, 6.07) is 4.42. The van der Waals surface area contributed by atoms with E-state index in [1.54, 1.807) is 6.07 Å². The van der Waals surface area contributed by atoms with E-state index in [1.165, 1.54) is 19.2 Å². The van der Waals surface area contributed by atoms with Crippen molar-refractivity contribution in [1.29, 1.82) is 0 Å². The van der Waals surface area contributed by atoms with Crippen LogP contribution in [0.15, 0.2) is 42.2 Å². The van der Waals surface area contributed by atoms with Gasteiger partial charge in [0.1, 0.15) is 11.5 Å². The van der Waals surface area contributed by atoms with E-state index in [0.29, 0.717) is 11.5 Å². The quantitative estimate of drug-likeness (QED) is 0.466. The van der Waals surface area contributed by atoms with Gasteiger partial charge in [-0.2, -0.15) is 0 Å². The van der Waals surface area contributed by atoms with Crippen LogP contribution in [0.5, 0.6) is 11.5 Å². The first-order valence-corrected chi connectivity index (χ1v) is 6.26. The number of allylic oxidation sites excluding steroid dienone is 2. The molecule has 0 amide bonds. The molecule has 1 aromatic carbocycles. The third-order valence-corrected chi connectivity index (χ3v) is 2.44. The molecule has 3 nitrogen and oxygen atoms in total. The van der Waals surface area contributed by atoms with Crippen molar-refractivity contribution in [3.05, 3.63) is 48.0 Å². The second-order valence-corrected chi connectivity index (χ2v) is 3.80. The number of hydrogen-bond donors (Lipinski definition) is 1. The number of rotatable bonds is 7.